The number of rotatable bonds is 12. The van der Waals surface area contributed by atoms with E-state index < -0.39 is 0 Å². The first-order chi connectivity index (χ1) is 18.6. The van der Waals surface area contributed by atoms with E-state index in [1.807, 2.05) is 77.7 Å². The number of carbonyl (C=O) groups is 1. The van der Waals surface area contributed by atoms with Gasteiger partial charge in [0.05, 0.1) is 6.26 Å². The highest BCUT2D eigenvalue weighted by Crippen LogP contribution is 2.31. The van der Waals surface area contributed by atoms with Crippen molar-refractivity contribution in [2.45, 2.75) is 19.6 Å². The summed E-state index contributed by atoms with van der Waals surface area (Å²) in [5.41, 5.74) is 10.5. The zero-order valence-electron chi connectivity index (χ0n) is 21.2. The fourth-order valence-corrected chi connectivity index (χ4v) is 4.30. The Morgan fingerprint density at radius 1 is 0.921 bits per heavy atom. The van der Waals surface area contributed by atoms with Gasteiger partial charge in [-0.05, 0) is 65.6 Å². The highest BCUT2D eigenvalue weighted by Gasteiger charge is 2.20. The van der Waals surface area contributed by atoms with Gasteiger partial charge in [-0.15, -0.1) is 0 Å². The smallest absolute Gasteiger partial charge is 0.254 e. The SMILES string of the molecule is C=COc1cc(C(=O)N(CCCN)Cc2ccccc2-c2ccc(Cl)cc2)ccc1OCc1ccccc1. The minimum Gasteiger partial charge on any atom is -0.485 e. The van der Waals surface area contributed by atoms with Crippen LogP contribution in [0.2, 0.25) is 5.02 Å². The van der Waals surface area contributed by atoms with E-state index in [1.165, 1.54) is 6.26 Å². The molecule has 0 unspecified atom stereocenters. The zero-order chi connectivity index (χ0) is 26.7. The third-order valence-electron chi connectivity index (χ3n) is 6.09. The molecule has 0 heterocycles. The lowest BCUT2D eigenvalue weighted by molar-refractivity contribution is 0.0742. The summed E-state index contributed by atoms with van der Waals surface area (Å²) in [6, 6.07) is 30.9. The summed E-state index contributed by atoms with van der Waals surface area (Å²) in [7, 11) is 0. The molecule has 4 aromatic carbocycles. The molecule has 0 aliphatic rings. The molecule has 2 N–H and O–H groups in total. The Bertz CT molecular complexity index is 1360. The average molecular weight is 527 g/mol. The predicted octanol–water partition coefficient (Wildman–Crippen LogP) is 7.10. The van der Waals surface area contributed by atoms with Crippen molar-refractivity contribution in [2.75, 3.05) is 13.1 Å². The van der Waals surface area contributed by atoms with Crippen LogP contribution in [-0.4, -0.2) is 23.9 Å². The van der Waals surface area contributed by atoms with Gasteiger partial charge in [0.15, 0.2) is 11.5 Å². The normalized spacial score (nSPS) is 10.6. The number of ether oxygens (including phenoxy) is 2. The van der Waals surface area contributed by atoms with Crippen molar-refractivity contribution in [3.05, 3.63) is 132 Å². The Morgan fingerprint density at radius 2 is 1.66 bits per heavy atom. The van der Waals surface area contributed by atoms with Crippen molar-refractivity contribution in [1.82, 2.24) is 4.90 Å². The topological polar surface area (TPSA) is 64.8 Å². The van der Waals surface area contributed by atoms with Crippen molar-refractivity contribution >= 4 is 17.5 Å². The minimum absolute atomic E-state index is 0.118. The molecule has 0 fully saturated rings. The lowest BCUT2D eigenvalue weighted by atomic mass is 9.99. The number of nitrogens with two attached hydrogens (primary N) is 1. The van der Waals surface area contributed by atoms with Gasteiger partial charge in [-0.3, -0.25) is 4.79 Å². The molecule has 0 aromatic heterocycles. The van der Waals surface area contributed by atoms with Gasteiger partial charge in [0.25, 0.3) is 5.91 Å². The number of nitrogens with zero attached hydrogens (tertiary/aromatic N) is 1. The molecule has 0 radical (unpaired) electrons. The van der Waals surface area contributed by atoms with Crippen LogP contribution >= 0.6 is 11.6 Å². The van der Waals surface area contributed by atoms with E-state index in [4.69, 9.17) is 26.8 Å². The van der Waals surface area contributed by atoms with Crippen LogP contribution in [0.15, 0.2) is 110 Å². The minimum atomic E-state index is -0.118. The Labute approximate surface area is 229 Å². The van der Waals surface area contributed by atoms with Crippen molar-refractivity contribution < 1.29 is 14.3 Å². The van der Waals surface area contributed by atoms with Gasteiger partial charge in [0.2, 0.25) is 0 Å². The molecule has 194 valence electrons. The maximum absolute atomic E-state index is 13.7. The Balaban J connectivity index is 1.58. The van der Waals surface area contributed by atoms with Gasteiger partial charge in [-0.1, -0.05) is 84.9 Å². The number of amides is 1. The number of hydrogen-bond acceptors (Lipinski definition) is 4. The van der Waals surface area contributed by atoms with Gasteiger partial charge in [0.1, 0.15) is 6.61 Å². The van der Waals surface area contributed by atoms with Gasteiger partial charge < -0.3 is 20.1 Å². The highest BCUT2D eigenvalue weighted by molar-refractivity contribution is 6.30. The first-order valence-electron chi connectivity index (χ1n) is 12.5. The van der Waals surface area contributed by atoms with E-state index in [-0.39, 0.29) is 5.91 Å². The maximum Gasteiger partial charge on any atom is 0.254 e. The molecular weight excluding hydrogens is 496 g/mol. The molecule has 0 bridgehead atoms. The molecule has 0 spiro atoms. The van der Waals surface area contributed by atoms with E-state index in [0.717, 1.165) is 22.3 Å². The Kier molecular flexibility index (Phi) is 9.57. The van der Waals surface area contributed by atoms with E-state index in [9.17, 15) is 4.79 Å². The van der Waals surface area contributed by atoms with Gasteiger partial charge in [-0.25, -0.2) is 0 Å². The molecule has 0 aliphatic carbocycles. The van der Waals surface area contributed by atoms with Crippen LogP contribution in [0.1, 0.15) is 27.9 Å². The summed E-state index contributed by atoms with van der Waals surface area (Å²) in [4.78, 5) is 15.6. The van der Waals surface area contributed by atoms with Crippen LogP contribution in [-0.2, 0) is 13.2 Å². The van der Waals surface area contributed by atoms with Gasteiger partial charge in [0, 0.05) is 23.7 Å². The van der Waals surface area contributed by atoms with E-state index in [0.29, 0.717) is 54.7 Å². The quantitative estimate of drug-likeness (QED) is 0.200. The monoisotopic (exact) mass is 526 g/mol. The summed E-state index contributed by atoms with van der Waals surface area (Å²) in [5, 5.41) is 0.680. The maximum atomic E-state index is 13.7. The fraction of sp³-hybridized carbons (Fsp3) is 0.156. The Morgan fingerprint density at radius 3 is 2.39 bits per heavy atom. The average Bonchev–Trinajstić information content (AvgIpc) is 2.95. The molecule has 0 aliphatic heterocycles. The molecule has 6 heteroatoms. The largest absolute Gasteiger partial charge is 0.485 e. The zero-order valence-corrected chi connectivity index (χ0v) is 21.9. The second kappa shape index (κ2) is 13.5. The highest BCUT2D eigenvalue weighted by atomic mass is 35.5. The lowest BCUT2D eigenvalue weighted by Crippen LogP contribution is -2.32. The van der Waals surface area contributed by atoms with Crippen molar-refractivity contribution in [2.24, 2.45) is 5.73 Å². The number of halogens is 1. The predicted molar refractivity (Wildman–Crippen MR) is 153 cm³/mol. The molecule has 0 saturated heterocycles. The Hall–Kier alpha value is -4.06. The summed E-state index contributed by atoms with van der Waals surface area (Å²) in [6.45, 7) is 5.49. The third-order valence-corrected chi connectivity index (χ3v) is 6.34. The van der Waals surface area contributed by atoms with Crippen LogP contribution in [0, 0.1) is 0 Å². The standard InChI is InChI=1S/C32H31ClN2O3/c1-2-37-31-21-26(15-18-30(31)38-23-24-9-4-3-5-10-24)32(36)35(20-8-19-34)22-27-11-6-7-12-29(27)25-13-16-28(33)17-14-25/h2-7,9-18,21H,1,8,19-20,22-23,34H2. The van der Waals surface area contributed by atoms with E-state index in [1.54, 1.807) is 18.2 Å². The molecule has 1 amide bonds. The summed E-state index contributed by atoms with van der Waals surface area (Å²) in [6.07, 6.45) is 2.01. The number of benzene rings is 4. The van der Waals surface area contributed by atoms with E-state index in [2.05, 4.69) is 12.6 Å². The molecule has 5 nitrogen and oxygen atoms in total. The summed E-state index contributed by atoms with van der Waals surface area (Å²) < 4.78 is 11.6. The van der Waals surface area contributed by atoms with Crippen LogP contribution < -0.4 is 15.2 Å². The molecule has 4 rings (SSSR count). The molecule has 38 heavy (non-hydrogen) atoms. The first-order valence-corrected chi connectivity index (χ1v) is 12.9. The number of hydrogen-bond donors (Lipinski definition) is 1. The summed E-state index contributed by atoms with van der Waals surface area (Å²) in [5.74, 6) is 0.849. The third kappa shape index (κ3) is 7.03. The van der Waals surface area contributed by atoms with Crippen LogP contribution in [0.5, 0.6) is 11.5 Å². The van der Waals surface area contributed by atoms with Crippen molar-refractivity contribution in [3.8, 4) is 22.6 Å². The second-order valence-corrected chi connectivity index (χ2v) is 9.19. The molecule has 4 aromatic rings. The lowest BCUT2D eigenvalue weighted by Gasteiger charge is -2.25. The molecule has 0 saturated carbocycles. The van der Waals surface area contributed by atoms with Crippen LogP contribution in [0.25, 0.3) is 11.1 Å². The van der Waals surface area contributed by atoms with Gasteiger partial charge in [-0.2, -0.15) is 0 Å². The van der Waals surface area contributed by atoms with Crippen molar-refractivity contribution in [3.63, 3.8) is 0 Å². The first kappa shape index (κ1) is 27.0. The van der Waals surface area contributed by atoms with Crippen molar-refractivity contribution in [1.29, 1.82) is 0 Å². The second-order valence-electron chi connectivity index (χ2n) is 8.75. The van der Waals surface area contributed by atoms with Crippen LogP contribution in [0.3, 0.4) is 0 Å². The molecular formula is C32H31ClN2O3. The molecule has 0 atom stereocenters. The summed E-state index contributed by atoms with van der Waals surface area (Å²) >= 11 is 6.10. The van der Waals surface area contributed by atoms with Gasteiger partial charge >= 0.3 is 0 Å². The number of carbonyl (C=O) groups excluding carboxylic acids is 1. The fourth-order valence-electron chi connectivity index (χ4n) is 4.17. The van der Waals surface area contributed by atoms with E-state index >= 15 is 0 Å². The van der Waals surface area contributed by atoms with Crippen LogP contribution in [0.4, 0.5) is 0 Å².